The molecular weight excluding hydrogens is 334 g/mol. The molecule has 2 aromatic heterocycles. The molecule has 0 atom stereocenters. The number of para-hydroxylation sites is 2. The molecule has 0 amide bonds. The summed E-state index contributed by atoms with van der Waals surface area (Å²) in [4.78, 5) is 0. The number of hydrogen-bond acceptors (Lipinski definition) is 1. The van der Waals surface area contributed by atoms with Crippen molar-refractivity contribution in [1.82, 2.24) is 4.57 Å². The standard InChI is InChI=1S/C24H15NS/c1-4-10-21-17(7-1)18-8-2-5-11-22(18)25(21)16-13-14-20-19-9-3-6-12-23(19)26-24(20)15-16/h1-15H. The van der Waals surface area contributed by atoms with Gasteiger partial charge in [0.25, 0.3) is 0 Å². The van der Waals surface area contributed by atoms with E-state index in [1.807, 2.05) is 11.3 Å². The van der Waals surface area contributed by atoms with Gasteiger partial charge in [-0.15, -0.1) is 11.3 Å². The van der Waals surface area contributed by atoms with Crippen LogP contribution in [0.2, 0.25) is 0 Å². The van der Waals surface area contributed by atoms with Gasteiger partial charge >= 0.3 is 0 Å². The molecule has 6 aromatic rings. The quantitative estimate of drug-likeness (QED) is 0.297. The lowest BCUT2D eigenvalue weighted by Gasteiger charge is -2.08. The van der Waals surface area contributed by atoms with Crippen molar-refractivity contribution in [2.45, 2.75) is 0 Å². The summed E-state index contributed by atoms with van der Waals surface area (Å²) in [6.45, 7) is 0. The van der Waals surface area contributed by atoms with E-state index in [0.29, 0.717) is 0 Å². The summed E-state index contributed by atoms with van der Waals surface area (Å²) in [5, 5.41) is 5.30. The Kier molecular flexibility index (Phi) is 2.82. The molecule has 0 aliphatic carbocycles. The van der Waals surface area contributed by atoms with Crippen LogP contribution in [0, 0.1) is 0 Å². The number of fused-ring (bicyclic) bond motifs is 6. The van der Waals surface area contributed by atoms with Crippen molar-refractivity contribution >= 4 is 53.3 Å². The molecule has 0 spiro atoms. The van der Waals surface area contributed by atoms with E-state index < -0.39 is 0 Å². The van der Waals surface area contributed by atoms with Crippen LogP contribution in [0.3, 0.4) is 0 Å². The Balaban J connectivity index is 1.73. The van der Waals surface area contributed by atoms with Crippen LogP contribution in [0.5, 0.6) is 0 Å². The summed E-state index contributed by atoms with van der Waals surface area (Å²) in [5.41, 5.74) is 3.74. The fourth-order valence-corrected chi connectivity index (χ4v) is 5.19. The molecule has 0 saturated carbocycles. The Bertz CT molecular complexity index is 1380. The van der Waals surface area contributed by atoms with Crippen LogP contribution < -0.4 is 0 Å². The number of aromatic nitrogens is 1. The predicted octanol–water partition coefficient (Wildman–Crippen LogP) is 7.15. The summed E-state index contributed by atoms with van der Waals surface area (Å²) < 4.78 is 5.07. The van der Waals surface area contributed by atoms with E-state index in [2.05, 4.69) is 95.6 Å². The Morgan fingerprint density at radius 2 is 1.08 bits per heavy atom. The van der Waals surface area contributed by atoms with E-state index >= 15 is 0 Å². The molecule has 0 saturated heterocycles. The Morgan fingerprint density at radius 3 is 1.81 bits per heavy atom. The van der Waals surface area contributed by atoms with Gasteiger partial charge < -0.3 is 4.57 Å². The van der Waals surface area contributed by atoms with Gasteiger partial charge in [-0.25, -0.2) is 0 Å². The van der Waals surface area contributed by atoms with Crippen LogP contribution in [-0.4, -0.2) is 4.57 Å². The zero-order chi connectivity index (χ0) is 17.1. The highest BCUT2D eigenvalue weighted by atomic mass is 32.1. The molecule has 0 fully saturated rings. The minimum absolute atomic E-state index is 1.22. The Hall–Kier alpha value is -3.10. The van der Waals surface area contributed by atoms with E-state index in [4.69, 9.17) is 0 Å². The van der Waals surface area contributed by atoms with Gasteiger partial charge in [0, 0.05) is 36.6 Å². The third-order valence-corrected chi connectivity index (χ3v) is 6.33. The molecule has 0 aliphatic rings. The normalized spacial score (nSPS) is 11.8. The first-order valence-corrected chi connectivity index (χ1v) is 9.62. The molecule has 2 heteroatoms. The van der Waals surface area contributed by atoms with Crippen LogP contribution in [0.25, 0.3) is 47.7 Å². The molecule has 2 heterocycles. The topological polar surface area (TPSA) is 4.93 Å². The molecule has 4 aromatic carbocycles. The van der Waals surface area contributed by atoms with Gasteiger partial charge in [-0.05, 0) is 30.3 Å². The number of hydrogen-bond donors (Lipinski definition) is 0. The number of rotatable bonds is 1. The van der Waals surface area contributed by atoms with Crippen LogP contribution >= 0.6 is 11.3 Å². The van der Waals surface area contributed by atoms with Gasteiger partial charge in [-0.3, -0.25) is 0 Å². The summed E-state index contributed by atoms with van der Waals surface area (Å²) in [6.07, 6.45) is 0. The highest BCUT2D eigenvalue weighted by Gasteiger charge is 2.12. The van der Waals surface area contributed by atoms with Crippen molar-refractivity contribution in [3.05, 3.63) is 91.0 Å². The molecule has 0 radical (unpaired) electrons. The second-order valence-electron chi connectivity index (χ2n) is 6.65. The van der Waals surface area contributed by atoms with E-state index in [1.54, 1.807) is 0 Å². The van der Waals surface area contributed by atoms with Crippen molar-refractivity contribution < 1.29 is 0 Å². The monoisotopic (exact) mass is 349 g/mol. The van der Waals surface area contributed by atoms with E-state index in [0.717, 1.165) is 0 Å². The summed E-state index contributed by atoms with van der Waals surface area (Å²) in [5.74, 6) is 0. The predicted molar refractivity (Wildman–Crippen MR) is 114 cm³/mol. The first-order valence-electron chi connectivity index (χ1n) is 8.80. The summed E-state index contributed by atoms with van der Waals surface area (Å²) >= 11 is 1.87. The van der Waals surface area contributed by atoms with Crippen molar-refractivity contribution in [3.63, 3.8) is 0 Å². The van der Waals surface area contributed by atoms with Crippen LogP contribution in [0.4, 0.5) is 0 Å². The maximum atomic E-state index is 2.38. The van der Waals surface area contributed by atoms with E-state index in [9.17, 15) is 0 Å². The van der Waals surface area contributed by atoms with Crippen molar-refractivity contribution in [3.8, 4) is 5.69 Å². The van der Waals surface area contributed by atoms with Gasteiger partial charge in [0.1, 0.15) is 0 Å². The van der Waals surface area contributed by atoms with Gasteiger partial charge in [0.15, 0.2) is 0 Å². The molecule has 0 unspecified atom stereocenters. The minimum atomic E-state index is 1.22. The highest BCUT2D eigenvalue weighted by molar-refractivity contribution is 7.25. The average Bonchev–Trinajstić information content (AvgIpc) is 3.23. The van der Waals surface area contributed by atoms with Crippen molar-refractivity contribution in [1.29, 1.82) is 0 Å². The number of benzene rings is 4. The molecule has 0 N–H and O–H groups in total. The SMILES string of the molecule is c1ccc2c(c1)sc1cc(-n3c4ccccc4c4ccccc43)ccc12. The largest absolute Gasteiger partial charge is 0.309 e. The third-order valence-electron chi connectivity index (χ3n) is 5.20. The Labute approximate surface area is 154 Å². The van der Waals surface area contributed by atoms with Gasteiger partial charge in [-0.2, -0.15) is 0 Å². The van der Waals surface area contributed by atoms with Crippen LogP contribution in [0.1, 0.15) is 0 Å². The lowest BCUT2D eigenvalue weighted by molar-refractivity contribution is 1.19. The number of nitrogens with zero attached hydrogens (tertiary/aromatic N) is 1. The molecule has 0 aliphatic heterocycles. The molecule has 26 heavy (non-hydrogen) atoms. The lowest BCUT2D eigenvalue weighted by Crippen LogP contribution is -1.92. The summed E-state index contributed by atoms with van der Waals surface area (Å²) in [6, 6.07) is 32.9. The van der Waals surface area contributed by atoms with E-state index in [-0.39, 0.29) is 0 Å². The van der Waals surface area contributed by atoms with Crippen LogP contribution in [0.15, 0.2) is 91.0 Å². The summed E-state index contributed by atoms with van der Waals surface area (Å²) in [7, 11) is 0. The van der Waals surface area contributed by atoms with Gasteiger partial charge in [0.2, 0.25) is 0 Å². The zero-order valence-corrected chi connectivity index (χ0v) is 14.8. The highest BCUT2D eigenvalue weighted by Crippen LogP contribution is 2.37. The smallest absolute Gasteiger partial charge is 0.0541 e. The number of thiophene rings is 1. The van der Waals surface area contributed by atoms with Gasteiger partial charge in [-0.1, -0.05) is 60.7 Å². The van der Waals surface area contributed by atoms with Crippen LogP contribution in [-0.2, 0) is 0 Å². The first kappa shape index (κ1) is 14.1. The minimum Gasteiger partial charge on any atom is -0.309 e. The molecule has 122 valence electrons. The maximum absolute atomic E-state index is 2.38. The molecule has 1 nitrogen and oxygen atoms in total. The second kappa shape index (κ2) is 5.20. The average molecular weight is 349 g/mol. The fraction of sp³-hybridized carbons (Fsp3) is 0. The van der Waals surface area contributed by atoms with Gasteiger partial charge in [0.05, 0.1) is 11.0 Å². The fourth-order valence-electron chi connectivity index (χ4n) is 4.05. The first-order chi connectivity index (χ1) is 12.9. The maximum Gasteiger partial charge on any atom is 0.0541 e. The zero-order valence-electron chi connectivity index (χ0n) is 14.0. The second-order valence-corrected chi connectivity index (χ2v) is 7.73. The Morgan fingerprint density at radius 1 is 0.500 bits per heavy atom. The molecule has 6 rings (SSSR count). The van der Waals surface area contributed by atoms with Crippen molar-refractivity contribution in [2.75, 3.05) is 0 Å². The molecular formula is C24H15NS. The lowest BCUT2D eigenvalue weighted by atomic mass is 10.1. The van der Waals surface area contributed by atoms with Crippen molar-refractivity contribution in [2.24, 2.45) is 0 Å². The third kappa shape index (κ3) is 1.85. The molecule has 0 bridgehead atoms. The van der Waals surface area contributed by atoms with E-state index in [1.165, 1.54) is 47.7 Å².